The average Bonchev–Trinajstić information content (AvgIpc) is 2.74. The fraction of sp³-hybridized carbons (Fsp3) is 0.625. The first-order valence-electron chi connectivity index (χ1n) is 3.94. The van der Waals surface area contributed by atoms with Crippen LogP contribution in [0.4, 0.5) is 0 Å². The summed E-state index contributed by atoms with van der Waals surface area (Å²) in [7, 11) is 0. The number of halogens is 1. The van der Waals surface area contributed by atoms with Gasteiger partial charge in [0, 0.05) is 6.54 Å². The van der Waals surface area contributed by atoms with Gasteiger partial charge in [0.05, 0.1) is 12.0 Å². The van der Waals surface area contributed by atoms with Crippen molar-refractivity contribution in [3.63, 3.8) is 0 Å². The predicted molar refractivity (Wildman–Crippen MR) is 47.4 cm³/mol. The highest BCUT2D eigenvalue weighted by molar-refractivity contribution is 9.10. The highest BCUT2D eigenvalue weighted by atomic mass is 79.9. The molecule has 0 radical (unpaired) electrons. The third-order valence-corrected chi connectivity index (χ3v) is 3.12. The number of aryl methyl sites for hydroxylation is 1. The van der Waals surface area contributed by atoms with Crippen molar-refractivity contribution in [2.24, 2.45) is 5.92 Å². The van der Waals surface area contributed by atoms with Crippen molar-refractivity contribution >= 4 is 15.9 Å². The zero-order valence-corrected chi connectivity index (χ0v) is 8.13. The van der Waals surface area contributed by atoms with Crippen LogP contribution in [0.2, 0.25) is 0 Å². The normalized spacial score (nSPS) is 17.3. The first kappa shape index (κ1) is 7.35. The molecule has 1 aliphatic rings. The molecule has 0 amide bonds. The van der Waals surface area contributed by atoms with Crippen LogP contribution in [0.25, 0.3) is 0 Å². The number of imidazole rings is 1. The summed E-state index contributed by atoms with van der Waals surface area (Å²) < 4.78 is 3.33. The van der Waals surface area contributed by atoms with Gasteiger partial charge in [-0.1, -0.05) is 0 Å². The number of nitrogens with zero attached hydrogens (tertiary/aromatic N) is 2. The highest BCUT2D eigenvalue weighted by Crippen LogP contribution is 2.31. The molecule has 1 aliphatic carbocycles. The van der Waals surface area contributed by atoms with Gasteiger partial charge in [-0.3, -0.25) is 0 Å². The molecule has 0 aliphatic heterocycles. The Balaban J connectivity index is 2.15. The van der Waals surface area contributed by atoms with E-state index >= 15 is 0 Å². The van der Waals surface area contributed by atoms with Gasteiger partial charge in [-0.15, -0.1) is 0 Å². The van der Waals surface area contributed by atoms with E-state index in [0.717, 1.165) is 22.8 Å². The molecule has 0 bridgehead atoms. The maximum Gasteiger partial charge on any atom is 0.107 e. The Bertz CT molecular complexity index is 263. The molecule has 60 valence electrons. The first-order valence-corrected chi connectivity index (χ1v) is 4.74. The van der Waals surface area contributed by atoms with Crippen LogP contribution in [0.15, 0.2) is 10.9 Å². The maximum absolute atomic E-state index is 4.21. The summed E-state index contributed by atoms with van der Waals surface area (Å²) >= 11 is 3.51. The van der Waals surface area contributed by atoms with Crippen molar-refractivity contribution in [1.82, 2.24) is 9.55 Å². The monoisotopic (exact) mass is 214 g/mol. The van der Waals surface area contributed by atoms with Crippen LogP contribution in [0, 0.1) is 12.8 Å². The molecule has 1 heterocycles. The fourth-order valence-electron chi connectivity index (χ4n) is 1.17. The molecule has 0 spiro atoms. The molecule has 1 saturated carbocycles. The summed E-state index contributed by atoms with van der Waals surface area (Å²) in [5.41, 5.74) is 1.09. The lowest BCUT2D eigenvalue weighted by Crippen LogP contribution is -1.97. The van der Waals surface area contributed by atoms with E-state index in [2.05, 4.69) is 25.5 Å². The quantitative estimate of drug-likeness (QED) is 0.740. The topological polar surface area (TPSA) is 17.8 Å². The predicted octanol–water partition coefficient (Wildman–Crippen LogP) is 2.36. The van der Waals surface area contributed by atoms with E-state index < -0.39 is 0 Å². The number of rotatable bonds is 2. The van der Waals surface area contributed by atoms with Gasteiger partial charge in [-0.25, -0.2) is 4.98 Å². The minimum Gasteiger partial charge on any atom is -0.325 e. The van der Waals surface area contributed by atoms with Crippen LogP contribution in [-0.4, -0.2) is 9.55 Å². The molecule has 0 saturated heterocycles. The molecule has 2 rings (SSSR count). The molecule has 1 aromatic heterocycles. The van der Waals surface area contributed by atoms with Crippen LogP contribution in [0.3, 0.4) is 0 Å². The maximum atomic E-state index is 4.21. The van der Waals surface area contributed by atoms with Gasteiger partial charge in [0.2, 0.25) is 0 Å². The highest BCUT2D eigenvalue weighted by Gasteiger charge is 2.22. The zero-order chi connectivity index (χ0) is 7.84. The van der Waals surface area contributed by atoms with Gasteiger partial charge in [0.25, 0.3) is 0 Å². The largest absolute Gasteiger partial charge is 0.325 e. The Hall–Kier alpha value is -0.310. The van der Waals surface area contributed by atoms with Gasteiger partial charge >= 0.3 is 0 Å². The lowest BCUT2D eigenvalue weighted by Gasteiger charge is -2.00. The van der Waals surface area contributed by atoms with Crippen LogP contribution >= 0.6 is 15.9 Å². The smallest absolute Gasteiger partial charge is 0.107 e. The molecule has 3 heteroatoms. The molecule has 1 fully saturated rings. The van der Waals surface area contributed by atoms with Gasteiger partial charge < -0.3 is 4.57 Å². The van der Waals surface area contributed by atoms with Crippen LogP contribution in [-0.2, 0) is 6.54 Å². The molecule has 0 atom stereocenters. The van der Waals surface area contributed by atoms with E-state index in [1.165, 1.54) is 12.8 Å². The van der Waals surface area contributed by atoms with E-state index in [9.17, 15) is 0 Å². The third kappa shape index (κ3) is 1.48. The van der Waals surface area contributed by atoms with Crippen LogP contribution in [0.1, 0.15) is 18.5 Å². The van der Waals surface area contributed by atoms with Gasteiger partial charge in [0.1, 0.15) is 4.60 Å². The zero-order valence-electron chi connectivity index (χ0n) is 6.55. The minimum absolute atomic E-state index is 0.917. The van der Waals surface area contributed by atoms with Crippen molar-refractivity contribution in [2.75, 3.05) is 0 Å². The molecule has 11 heavy (non-hydrogen) atoms. The van der Waals surface area contributed by atoms with Gasteiger partial charge in [0.15, 0.2) is 0 Å². The number of hydrogen-bond donors (Lipinski definition) is 0. The molecule has 0 unspecified atom stereocenters. The summed E-state index contributed by atoms with van der Waals surface area (Å²) in [5.74, 6) is 0.917. The Kier molecular flexibility index (Phi) is 1.75. The van der Waals surface area contributed by atoms with Crippen molar-refractivity contribution in [3.8, 4) is 0 Å². The van der Waals surface area contributed by atoms with Gasteiger partial charge in [-0.05, 0) is 41.6 Å². The summed E-state index contributed by atoms with van der Waals surface area (Å²) in [4.78, 5) is 4.21. The Morgan fingerprint density at radius 3 is 2.91 bits per heavy atom. The minimum atomic E-state index is 0.917. The third-order valence-electron chi connectivity index (χ3n) is 2.09. The second kappa shape index (κ2) is 2.63. The SMILES string of the molecule is Cc1ncn(CC2CC2)c1Br. The molecule has 2 nitrogen and oxygen atoms in total. The Morgan fingerprint density at radius 2 is 2.45 bits per heavy atom. The van der Waals surface area contributed by atoms with Crippen molar-refractivity contribution < 1.29 is 0 Å². The average molecular weight is 215 g/mol. The van der Waals surface area contributed by atoms with Crippen molar-refractivity contribution in [1.29, 1.82) is 0 Å². The van der Waals surface area contributed by atoms with Crippen LogP contribution < -0.4 is 0 Å². The molecular formula is C8H11BrN2. The molecular weight excluding hydrogens is 204 g/mol. The second-order valence-electron chi connectivity index (χ2n) is 3.22. The Morgan fingerprint density at radius 1 is 1.73 bits per heavy atom. The van der Waals surface area contributed by atoms with E-state index in [4.69, 9.17) is 0 Å². The van der Waals surface area contributed by atoms with E-state index in [1.54, 1.807) is 0 Å². The van der Waals surface area contributed by atoms with E-state index in [-0.39, 0.29) is 0 Å². The summed E-state index contributed by atoms with van der Waals surface area (Å²) in [5, 5.41) is 0. The van der Waals surface area contributed by atoms with E-state index in [1.807, 2.05) is 13.3 Å². The molecule has 0 N–H and O–H groups in total. The van der Waals surface area contributed by atoms with Crippen LogP contribution in [0.5, 0.6) is 0 Å². The summed E-state index contributed by atoms with van der Waals surface area (Å²) in [6.45, 7) is 3.16. The standard InChI is InChI=1S/C8H11BrN2/c1-6-8(9)11(5-10-6)4-7-2-3-7/h5,7H,2-4H2,1H3. The van der Waals surface area contributed by atoms with Gasteiger partial charge in [-0.2, -0.15) is 0 Å². The van der Waals surface area contributed by atoms with E-state index in [0.29, 0.717) is 0 Å². The van der Waals surface area contributed by atoms with Crippen molar-refractivity contribution in [3.05, 3.63) is 16.6 Å². The Labute approximate surface area is 74.8 Å². The first-order chi connectivity index (χ1) is 5.27. The number of hydrogen-bond acceptors (Lipinski definition) is 1. The number of aromatic nitrogens is 2. The second-order valence-corrected chi connectivity index (χ2v) is 3.97. The van der Waals surface area contributed by atoms with Crippen molar-refractivity contribution in [2.45, 2.75) is 26.3 Å². The molecule has 0 aromatic carbocycles. The fourth-order valence-corrected chi connectivity index (χ4v) is 1.51. The summed E-state index contributed by atoms with van der Waals surface area (Å²) in [6, 6.07) is 0. The summed E-state index contributed by atoms with van der Waals surface area (Å²) in [6.07, 6.45) is 4.70. The molecule has 1 aromatic rings. The lowest BCUT2D eigenvalue weighted by atomic mass is 10.4. The lowest BCUT2D eigenvalue weighted by molar-refractivity contribution is 0.616.